The first-order chi connectivity index (χ1) is 10.7. The predicted molar refractivity (Wildman–Crippen MR) is 92.6 cm³/mol. The van der Waals surface area contributed by atoms with Gasteiger partial charge in [0.05, 0.1) is 6.04 Å². The number of carbonyl (C=O) groups is 2. The second-order valence-corrected chi connectivity index (χ2v) is 7.09. The maximum atomic E-state index is 12.2. The molecule has 6 heteroatoms. The van der Waals surface area contributed by atoms with E-state index in [0.717, 1.165) is 32.4 Å². The highest BCUT2D eigenvalue weighted by Crippen LogP contribution is 2.33. The van der Waals surface area contributed by atoms with Crippen LogP contribution in [-0.4, -0.2) is 48.4 Å². The lowest BCUT2D eigenvalue weighted by molar-refractivity contribution is -0.132. The van der Waals surface area contributed by atoms with Gasteiger partial charge in [-0.15, -0.1) is 12.4 Å². The fourth-order valence-corrected chi connectivity index (χ4v) is 4.24. The number of carbonyl (C=O) groups excluding carboxylic acids is 2. The van der Waals surface area contributed by atoms with Crippen LogP contribution in [-0.2, 0) is 9.59 Å². The molecule has 3 unspecified atom stereocenters. The fraction of sp³-hybridized carbons (Fsp3) is 0.882. The van der Waals surface area contributed by atoms with E-state index in [4.69, 9.17) is 0 Å². The smallest absolute Gasteiger partial charge is 0.237 e. The molecular formula is C17H30ClN3O2. The Morgan fingerprint density at radius 2 is 1.78 bits per heavy atom. The number of hydrogen-bond acceptors (Lipinski definition) is 3. The molecule has 3 rings (SSSR count). The van der Waals surface area contributed by atoms with Crippen LogP contribution in [0.1, 0.15) is 57.8 Å². The summed E-state index contributed by atoms with van der Waals surface area (Å²) in [5.41, 5.74) is 0. The van der Waals surface area contributed by atoms with Crippen molar-refractivity contribution in [3.05, 3.63) is 0 Å². The number of rotatable bonds is 4. The van der Waals surface area contributed by atoms with Gasteiger partial charge in [-0.25, -0.2) is 0 Å². The van der Waals surface area contributed by atoms with Gasteiger partial charge in [-0.05, 0) is 44.4 Å². The van der Waals surface area contributed by atoms with Gasteiger partial charge in [-0.3, -0.25) is 9.59 Å². The molecule has 132 valence electrons. The van der Waals surface area contributed by atoms with Crippen molar-refractivity contribution in [3.8, 4) is 0 Å². The van der Waals surface area contributed by atoms with E-state index < -0.39 is 0 Å². The maximum absolute atomic E-state index is 12.2. The Balaban J connectivity index is 0.00000192. The van der Waals surface area contributed by atoms with Crippen molar-refractivity contribution >= 4 is 24.2 Å². The topological polar surface area (TPSA) is 61.4 Å². The normalized spacial score (nSPS) is 30.3. The Labute approximate surface area is 145 Å². The summed E-state index contributed by atoms with van der Waals surface area (Å²) >= 11 is 0. The largest absolute Gasteiger partial charge is 0.354 e. The van der Waals surface area contributed by atoms with Crippen molar-refractivity contribution in [3.63, 3.8) is 0 Å². The van der Waals surface area contributed by atoms with Crippen LogP contribution in [0, 0.1) is 5.92 Å². The van der Waals surface area contributed by atoms with Crippen LogP contribution in [0.5, 0.6) is 0 Å². The van der Waals surface area contributed by atoms with Gasteiger partial charge in [-0.1, -0.05) is 12.8 Å². The van der Waals surface area contributed by atoms with Crippen LogP contribution in [0.3, 0.4) is 0 Å². The molecule has 0 aromatic carbocycles. The molecule has 0 aromatic heterocycles. The molecule has 0 bridgehead atoms. The van der Waals surface area contributed by atoms with E-state index in [9.17, 15) is 9.59 Å². The highest BCUT2D eigenvalue weighted by molar-refractivity contribution is 5.85. The molecule has 5 nitrogen and oxygen atoms in total. The van der Waals surface area contributed by atoms with E-state index >= 15 is 0 Å². The number of amides is 2. The number of likely N-dealkylation sites (tertiary alicyclic amines) is 1. The highest BCUT2D eigenvalue weighted by atomic mass is 35.5. The second-order valence-electron chi connectivity index (χ2n) is 7.09. The predicted octanol–water partition coefficient (Wildman–Crippen LogP) is 1.85. The van der Waals surface area contributed by atoms with Crippen molar-refractivity contribution < 1.29 is 9.59 Å². The van der Waals surface area contributed by atoms with Crippen LogP contribution >= 0.6 is 12.4 Å². The molecule has 23 heavy (non-hydrogen) atoms. The van der Waals surface area contributed by atoms with Gasteiger partial charge in [0.25, 0.3) is 0 Å². The van der Waals surface area contributed by atoms with Gasteiger partial charge in [0, 0.05) is 32.1 Å². The minimum Gasteiger partial charge on any atom is -0.354 e. The Bertz CT molecular complexity index is 399. The molecule has 1 saturated carbocycles. The van der Waals surface area contributed by atoms with Gasteiger partial charge in [0.15, 0.2) is 0 Å². The van der Waals surface area contributed by atoms with Gasteiger partial charge in [0.1, 0.15) is 0 Å². The second kappa shape index (κ2) is 8.88. The Hall–Kier alpha value is -0.810. The first-order valence-corrected chi connectivity index (χ1v) is 9.05. The molecule has 0 radical (unpaired) electrons. The maximum Gasteiger partial charge on any atom is 0.237 e. The molecule has 2 N–H and O–H groups in total. The molecule has 2 saturated heterocycles. The van der Waals surface area contributed by atoms with E-state index in [1.54, 1.807) is 0 Å². The van der Waals surface area contributed by atoms with Gasteiger partial charge >= 0.3 is 0 Å². The first kappa shape index (κ1) is 18.5. The third-order valence-corrected chi connectivity index (χ3v) is 5.53. The fourth-order valence-electron chi connectivity index (χ4n) is 4.24. The quantitative estimate of drug-likeness (QED) is 0.819. The Morgan fingerprint density at radius 3 is 2.52 bits per heavy atom. The molecule has 3 fully saturated rings. The number of hydrogen-bond donors (Lipinski definition) is 2. The molecule has 1 aliphatic carbocycles. The summed E-state index contributed by atoms with van der Waals surface area (Å²) in [5.74, 6) is 0.952. The molecular weight excluding hydrogens is 314 g/mol. The van der Waals surface area contributed by atoms with E-state index in [1.807, 2.05) is 4.90 Å². The Morgan fingerprint density at radius 1 is 1.04 bits per heavy atom. The minimum absolute atomic E-state index is 0. The summed E-state index contributed by atoms with van der Waals surface area (Å²) < 4.78 is 0. The van der Waals surface area contributed by atoms with Crippen LogP contribution in [0.15, 0.2) is 0 Å². The Kier molecular flexibility index (Phi) is 7.15. The highest BCUT2D eigenvalue weighted by Gasteiger charge is 2.38. The van der Waals surface area contributed by atoms with Crippen molar-refractivity contribution in [1.82, 2.24) is 15.5 Å². The standard InChI is InChI=1S/C17H29N3O2.ClH/c21-16(20-10-4-1-5-11-20)8-9-18-17(22)15-12-13-6-2-3-7-14(13)19-15;/h13-15,19H,1-12H2,(H,18,22);1H. The third kappa shape index (κ3) is 4.83. The van der Waals surface area contributed by atoms with E-state index in [-0.39, 0.29) is 30.3 Å². The molecule has 3 atom stereocenters. The molecule has 2 heterocycles. The van der Waals surface area contributed by atoms with Gasteiger partial charge in [-0.2, -0.15) is 0 Å². The summed E-state index contributed by atoms with van der Waals surface area (Å²) in [7, 11) is 0. The summed E-state index contributed by atoms with van der Waals surface area (Å²) in [6.07, 6.45) is 9.93. The third-order valence-electron chi connectivity index (χ3n) is 5.53. The van der Waals surface area contributed by atoms with Crippen LogP contribution in [0.25, 0.3) is 0 Å². The van der Waals surface area contributed by atoms with Crippen LogP contribution in [0.4, 0.5) is 0 Å². The van der Waals surface area contributed by atoms with Crippen molar-refractivity contribution in [2.75, 3.05) is 19.6 Å². The van der Waals surface area contributed by atoms with E-state index in [0.29, 0.717) is 24.9 Å². The lowest BCUT2D eigenvalue weighted by Crippen LogP contribution is -2.44. The number of piperidine rings is 1. The summed E-state index contributed by atoms with van der Waals surface area (Å²) in [4.78, 5) is 26.3. The molecule has 2 aliphatic heterocycles. The van der Waals surface area contributed by atoms with E-state index in [1.165, 1.54) is 32.1 Å². The number of halogens is 1. The number of nitrogens with zero attached hydrogens (tertiary/aromatic N) is 1. The zero-order valence-corrected chi connectivity index (χ0v) is 14.7. The van der Waals surface area contributed by atoms with Crippen molar-refractivity contribution in [2.24, 2.45) is 5.92 Å². The monoisotopic (exact) mass is 343 g/mol. The number of nitrogens with one attached hydrogen (secondary N) is 2. The van der Waals surface area contributed by atoms with Crippen LogP contribution < -0.4 is 10.6 Å². The SMILES string of the molecule is Cl.O=C(NCCC(=O)N1CCCCC1)C1CC2CCCCC2N1. The molecule has 0 spiro atoms. The lowest BCUT2D eigenvalue weighted by Gasteiger charge is -2.26. The van der Waals surface area contributed by atoms with E-state index in [2.05, 4.69) is 10.6 Å². The number of fused-ring (bicyclic) bond motifs is 1. The zero-order valence-electron chi connectivity index (χ0n) is 13.9. The van der Waals surface area contributed by atoms with Gasteiger partial charge < -0.3 is 15.5 Å². The molecule has 3 aliphatic rings. The van der Waals surface area contributed by atoms with Crippen molar-refractivity contribution in [1.29, 1.82) is 0 Å². The summed E-state index contributed by atoms with van der Waals surface area (Å²) in [6, 6.07) is 0.498. The summed E-state index contributed by atoms with van der Waals surface area (Å²) in [6.45, 7) is 2.25. The average molecular weight is 344 g/mol. The zero-order chi connectivity index (χ0) is 15.4. The molecule has 0 aromatic rings. The van der Waals surface area contributed by atoms with Crippen molar-refractivity contribution in [2.45, 2.75) is 69.9 Å². The first-order valence-electron chi connectivity index (χ1n) is 9.05. The summed E-state index contributed by atoms with van der Waals surface area (Å²) in [5, 5.41) is 6.44. The average Bonchev–Trinajstić information content (AvgIpc) is 2.99. The van der Waals surface area contributed by atoms with Gasteiger partial charge in [0.2, 0.25) is 11.8 Å². The van der Waals surface area contributed by atoms with Crippen LogP contribution in [0.2, 0.25) is 0 Å². The lowest BCUT2D eigenvalue weighted by atomic mass is 9.85. The minimum atomic E-state index is -0.0433. The molecule has 2 amide bonds.